The number of aromatic nitrogens is 1. The lowest BCUT2D eigenvalue weighted by Crippen LogP contribution is -2.00. The molecule has 0 N–H and O–H groups in total. The van der Waals surface area contributed by atoms with E-state index in [0.717, 1.165) is 16.5 Å². The van der Waals surface area contributed by atoms with Gasteiger partial charge in [-0.05, 0) is 43.7 Å². The van der Waals surface area contributed by atoms with Crippen LogP contribution in [0.15, 0.2) is 42.6 Å². The Morgan fingerprint density at radius 1 is 1.18 bits per heavy atom. The van der Waals surface area contributed by atoms with Crippen LogP contribution in [-0.4, -0.2) is 9.49 Å². The zero-order valence-electron chi connectivity index (χ0n) is 12.3. The Bertz CT molecular complexity index is 866. The standard InChI is InChI=1S/C17H15FN2O2/c1-11-9-16-15(12(2)17(11)20(21)22)7-8-19(16)10-13-3-5-14(18)6-4-13/h3-9H,10H2,1-2H3. The van der Waals surface area contributed by atoms with Crippen molar-refractivity contribution in [3.63, 3.8) is 0 Å². The van der Waals surface area contributed by atoms with E-state index >= 15 is 0 Å². The summed E-state index contributed by atoms with van der Waals surface area (Å²) >= 11 is 0. The highest BCUT2D eigenvalue weighted by atomic mass is 19.1. The summed E-state index contributed by atoms with van der Waals surface area (Å²) in [5, 5.41) is 12.1. The van der Waals surface area contributed by atoms with Gasteiger partial charge >= 0.3 is 0 Å². The first kappa shape index (κ1) is 14.3. The summed E-state index contributed by atoms with van der Waals surface area (Å²) in [5.41, 5.74) is 3.43. The first-order valence-electron chi connectivity index (χ1n) is 6.95. The summed E-state index contributed by atoms with van der Waals surface area (Å²) in [5.74, 6) is -0.261. The van der Waals surface area contributed by atoms with Crippen LogP contribution in [0.3, 0.4) is 0 Å². The lowest BCUT2D eigenvalue weighted by atomic mass is 10.0. The van der Waals surface area contributed by atoms with E-state index < -0.39 is 0 Å². The minimum absolute atomic E-state index is 0.173. The Balaban J connectivity index is 2.09. The van der Waals surface area contributed by atoms with Crippen molar-refractivity contribution in [2.45, 2.75) is 20.4 Å². The molecule has 0 aliphatic rings. The molecule has 0 atom stereocenters. The highest BCUT2D eigenvalue weighted by Crippen LogP contribution is 2.31. The van der Waals surface area contributed by atoms with Crippen molar-refractivity contribution in [1.82, 2.24) is 4.57 Å². The molecule has 1 aromatic heterocycles. The molecule has 3 rings (SSSR count). The number of benzene rings is 2. The number of aryl methyl sites for hydroxylation is 2. The molecule has 0 aliphatic heterocycles. The number of nitro groups is 1. The van der Waals surface area contributed by atoms with E-state index in [9.17, 15) is 14.5 Å². The van der Waals surface area contributed by atoms with Gasteiger partial charge in [-0.25, -0.2) is 4.39 Å². The van der Waals surface area contributed by atoms with Crippen LogP contribution in [0.1, 0.15) is 16.7 Å². The van der Waals surface area contributed by atoms with Crippen molar-refractivity contribution in [3.8, 4) is 0 Å². The second-order valence-corrected chi connectivity index (χ2v) is 5.43. The largest absolute Gasteiger partial charge is 0.343 e. The fraction of sp³-hybridized carbons (Fsp3) is 0.176. The minimum Gasteiger partial charge on any atom is -0.343 e. The van der Waals surface area contributed by atoms with Crippen LogP contribution in [0.2, 0.25) is 0 Å². The second-order valence-electron chi connectivity index (χ2n) is 5.43. The number of nitrogens with zero attached hydrogens (tertiary/aromatic N) is 2. The van der Waals surface area contributed by atoms with Crippen LogP contribution in [0.25, 0.3) is 10.9 Å². The molecule has 0 spiro atoms. The van der Waals surface area contributed by atoms with Crippen molar-refractivity contribution >= 4 is 16.6 Å². The van der Waals surface area contributed by atoms with Crippen molar-refractivity contribution in [3.05, 3.63) is 75.2 Å². The molecule has 22 heavy (non-hydrogen) atoms. The van der Waals surface area contributed by atoms with Crippen LogP contribution >= 0.6 is 0 Å². The molecular weight excluding hydrogens is 283 g/mol. The molecule has 0 radical (unpaired) electrons. The van der Waals surface area contributed by atoms with Crippen LogP contribution in [0.4, 0.5) is 10.1 Å². The molecular formula is C17H15FN2O2. The first-order chi connectivity index (χ1) is 10.5. The summed E-state index contributed by atoms with van der Waals surface area (Å²) in [6.07, 6.45) is 1.91. The van der Waals surface area contributed by atoms with Crippen LogP contribution < -0.4 is 0 Å². The average molecular weight is 298 g/mol. The van der Waals surface area contributed by atoms with Gasteiger partial charge in [0.2, 0.25) is 0 Å². The van der Waals surface area contributed by atoms with Gasteiger partial charge in [-0.1, -0.05) is 12.1 Å². The summed E-state index contributed by atoms with van der Waals surface area (Å²) < 4.78 is 15.0. The second kappa shape index (κ2) is 5.26. The SMILES string of the molecule is Cc1cc2c(ccn2Cc2ccc(F)cc2)c(C)c1[N+](=O)[O-]. The van der Waals surface area contributed by atoms with Gasteiger partial charge in [0.15, 0.2) is 0 Å². The van der Waals surface area contributed by atoms with Crippen molar-refractivity contribution in [1.29, 1.82) is 0 Å². The lowest BCUT2D eigenvalue weighted by Gasteiger charge is -2.08. The third kappa shape index (κ3) is 2.35. The van der Waals surface area contributed by atoms with E-state index in [1.807, 2.05) is 22.9 Å². The molecule has 0 saturated heterocycles. The molecule has 112 valence electrons. The predicted molar refractivity (Wildman–Crippen MR) is 83.6 cm³/mol. The number of nitro benzene ring substituents is 1. The summed E-state index contributed by atoms with van der Waals surface area (Å²) in [6, 6.07) is 10.1. The van der Waals surface area contributed by atoms with Gasteiger partial charge in [0, 0.05) is 34.8 Å². The van der Waals surface area contributed by atoms with Crippen LogP contribution in [0, 0.1) is 29.8 Å². The Kier molecular flexibility index (Phi) is 3.41. The van der Waals surface area contributed by atoms with Gasteiger partial charge in [-0.3, -0.25) is 10.1 Å². The van der Waals surface area contributed by atoms with Gasteiger partial charge in [0.25, 0.3) is 5.69 Å². The van der Waals surface area contributed by atoms with E-state index in [0.29, 0.717) is 17.7 Å². The highest BCUT2D eigenvalue weighted by Gasteiger charge is 2.19. The number of hydrogen-bond donors (Lipinski definition) is 0. The average Bonchev–Trinajstić information content (AvgIpc) is 2.84. The maximum Gasteiger partial charge on any atom is 0.275 e. The third-order valence-corrected chi connectivity index (χ3v) is 3.94. The van der Waals surface area contributed by atoms with E-state index in [1.165, 1.54) is 12.1 Å². The molecule has 3 aromatic rings. The lowest BCUT2D eigenvalue weighted by molar-refractivity contribution is -0.385. The maximum atomic E-state index is 13.0. The summed E-state index contributed by atoms with van der Waals surface area (Å²) in [7, 11) is 0. The normalized spacial score (nSPS) is 11.0. The molecule has 4 nitrogen and oxygen atoms in total. The topological polar surface area (TPSA) is 48.1 Å². The number of fused-ring (bicyclic) bond motifs is 1. The van der Waals surface area contributed by atoms with Crippen molar-refractivity contribution in [2.75, 3.05) is 0 Å². The Morgan fingerprint density at radius 3 is 2.50 bits per heavy atom. The zero-order valence-corrected chi connectivity index (χ0v) is 12.3. The minimum atomic E-state index is -0.332. The zero-order chi connectivity index (χ0) is 15.9. The molecule has 0 unspecified atom stereocenters. The Morgan fingerprint density at radius 2 is 1.86 bits per heavy atom. The summed E-state index contributed by atoms with van der Waals surface area (Å²) in [4.78, 5) is 10.8. The maximum absolute atomic E-state index is 13.0. The van der Waals surface area contributed by atoms with E-state index in [-0.39, 0.29) is 16.4 Å². The molecule has 0 aliphatic carbocycles. The van der Waals surface area contributed by atoms with Gasteiger partial charge in [0.1, 0.15) is 5.82 Å². The van der Waals surface area contributed by atoms with Crippen LogP contribution in [-0.2, 0) is 6.54 Å². The third-order valence-electron chi connectivity index (χ3n) is 3.94. The van der Waals surface area contributed by atoms with Gasteiger partial charge in [0.05, 0.1) is 4.92 Å². The van der Waals surface area contributed by atoms with Gasteiger partial charge in [-0.2, -0.15) is 0 Å². The van der Waals surface area contributed by atoms with Crippen molar-refractivity contribution < 1.29 is 9.31 Å². The molecule has 0 amide bonds. The van der Waals surface area contributed by atoms with Gasteiger partial charge < -0.3 is 4.57 Å². The fourth-order valence-electron chi connectivity index (χ4n) is 2.86. The number of rotatable bonds is 3. The number of hydrogen-bond acceptors (Lipinski definition) is 2. The molecule has 1 heterocycles. The summed E-state index contributed by atoms with van der Waals surface area (Å²) in [6.45, 7) is 4.12. The fourth-order valence-corrected chi connectivity index (χ4v) is 2.86. The van der Waals surface area contributed by atoms with E-state index in [2.05, 4.69) is 0 Å². The molecule has 0 bridgehead atoms. The van der Waals surface area contributed by atoms with E-state index in [1.54, 1.807) is 26.0 Å². The predicted octanol–water partition coefficient (Wildman–Crippen LogP) is 4.35. The molecule has 0 fully saturated rings. The highest BCUT2D eigenvalue weighted by molar-refractivity contribution is 5.88. The van der Waals surface area contributed by atoms with E-state index in [4.69, 9.17) is 0 Å². The van der Waals surface area contributed by atoms with Gasteiger partial charge in [-0.15, -0.1) is 0 Å². The van der Waals surface area contributed by atoms with Crippen molar-refractivity contribution in [2.24, 2.45) is 0 Å². The molecule has 5 heteroatoms. The monoisotopic (exact) mass is 298 g/mol. The Hall–Kier alpha value is -2.69. The first-order valence-corrected chi connectivity index (χ1v) is 6.95. The molecule has 2 aromatic carbocycles. The quantitative estimate of drug-likeness (QED) is 0.533. The smallest absolute Gasteiger partial charge is 0.275 e. The Labute approximate surface area is 127 Å². The number of halogens is 1. The van der Waals surface area contributed by atoms with Crippen LogP contribution in [0.5, 0.6) is 0 Å². The molecule has 0 saturated carbocycles.